The zero-order valence-corrected chi connectivity index (χ0v) is 16.9. The molecule has 0 saturated carbocycles. The minimum Gasteiger partial charge on any atom is -0.436 e. The molecule has 0 bridgehead atoms. The van der Waals surface area contributed by atoms with E-state index in [-0.39, 0.29) is 11.7 Å². The second kappa shape index (κ2) is 8.82. The number of rotatable bonds is 7. The first-order chi connectivity index (χ1) is 12.3. The lowest BCUT2D eigenvalue weighted by Crippen LogP contribution is -2.06. The lowest BCUT2D eigenvalue weighted by molar-refractivity contribution is 0.104. The summed E-state index contributed by atoms with van der Waals surface area (Å²) in [4.78, 5) is 25.0. The molecule has 0 spiro atoms. The molecule has 26 heavy (non-hydrogen) atoms. The normalized spacial score (nSPS) is 11.3. The first kappa shape index (κ1) is 19.9. The molecule has 0 saturated heterocycles. The molecular weight excluding hydrogens is 372 g/mol. The van der Waals surface area contributed by atoms with E-state index in [0.29, 0.717) is 21.3 Å². The molecule has 0 aliphatic rings. The van der Waals surface area contributed by atoms with Crippen LogP contribution in [0.5, 0.6) is 11.6 Å². The van der Waals surface area contributed by atoms with Gasteiger partial charge in [0.15, 0.2) is 0 Å². The van der Waals surface area contributed by atoms with Gasteiger partial charge in [0.1, 0.15) is 10.6 Å². The molecule has 1 aromatic carbocycles. The number of nitrogens with zero attached hydrogens (tertiary/aromatic N) is 4. The van der Waals surface area contributed by atoms with Crippen LogP contribution in [0.2, 0.25) is 5.02 Å². The molecule has 1 aromatic heterocycles. The number of carbonyl (C=O) groups is 1. The van der Waals surface area contributed by atoms with Crippen LogP contribution in [-0.4, -0.2) is 55.1 Å². The molecule has 8 heteroatoms. The summed E-state index contributed by atoms with van der Waals surface area (Å²) in [7, 11) is 7.46. The number of halogens is 1. The molecular formula is C18H21ClN4O2S. The Bertz CT molecular complexity index is 844. The second-order valence-corrected chi connectivity index (χ2v) is 7.55. The van der Waals surface area contributed by atoms with E-state index in [2.05, 4.69) is 9.98 Å². The molecule has 0 aliphatic heterocycles. The van der Waals surface area contributed by atoms with E-state index in [1.807, 2.05) is 40.0 Å². The van der Waals surface area contributed by atoms with E-state index in [1.54, 1.807) is 35.6 Å². The average molecular weight is 393 g/mol. The van der Waals surface area contributed by atoms with Crippen LogP contribution in [0.15, 0.2) is 35.5 Å². The molecule has 2 aromatic rings. The zero-order chi connectivity index (χ0) is 19.3. The number of hydrogen-bond donors (Lipinski definition) is 0. The smallest absolute Gasteiger partial charge is 0.241 e. The van der Waals surface area contributed by atoms with Crippen molar-refractivity contribution >= 4 is 40.7 Å². The van der Waals surface area contributed by atoms with Crippen molar-refractivity contribution in [2.75, 3.05) is 28.2 Å². The van der Waals surface area contributed by atoms with Crippen molar-refractivity contribution in [2.45, 2.75) is 6.92 Å². The number of hydrogen-bond acceptors (Lipinski definition) is 6. The molecule has 2 rings (SSSR count). The number of ketones is 1. The van der Waals surface area contributed by atoms with E-state index >= 15 is 0 Å². The molecule has 0 atom stereocenters. The van der Waals surface area contributed by atoms with E-state index in [4.69, 9.17) is 16.3 Å². The van der Waals surface area contributed by atoms with Gasteiger partial charge in [-0.1, -0.05) is 11.6 Å². The minimum absolute atomic E-state index is 0.164. The highest BCUT2D eigenvalue weighted by Crippen LogP contribution is 2.35. The van der Waals surface area contributed by atoms with E-state index in [9.17, 15) is 4.79 Å². The zero-order valence-electron chi connectivity index (χ0n) is 15.4. The third-order valence-electron chi connectivity index (χ3n) is 3.01. The van der Waals surface area contributed by atoms with Gasteiger partial charge in [-0.25, -0.2) is 9.98 Å². The predicted octanol–water partition coefficient (Wildman–Crippen LogP) is 4.38. The number of aromatic nitrogens is 1. The van der Waals surface area contributed by atoms with Gasteiger partial charge in [-0.05, 0) is 25.1 Å². The lowest BCUT2D eigenvalue weighted by atomic mass is 10.3. The van der Waals surface area contributed by atoms with Gasteiger partial charge < -0.3 is 14.5 Å². The Hall–Kier alpha value is -2.38. The monoisotopic (exact) mass is 392 g/mol. The number of thiazole rings is 1. The largest absolute Gasteiger partial charge is 0.436 e. The van der Waals surface area contributed by atoms with Gasteiger partial charge in [0.25, 0.3) is 0 Å². The van der Waals surface area contributed by atoms with Crippen LogP contribution in [-0.2, 0) is 0 Å². The summed E-state index contributed by atoms with van der Waals surface area (Å²) in [6.45, 7) is 1.82. The van der Waals surface area contributed by atoms with Crippen molar-refractivity contribution in [3.8, 4) is 11.6 Å². The Morgan fingerprint density at radius 3 is 2.62 bits per heavy atom. The van der Waals surface area contributed by atoms with Gasteiger partial charge >= 0.3 is 0 Å². The van der Waals surface area contributed by atoms with Crippen molar-refractivity contribution in [1.82, 2.24) is 14.8 Å². The molecule has 0 aliphatic carbocycles. The maximum Gasteiger partial charge on any atom is 0.241 e. The van der Waals surface area contributed by atoms with Gasteiger partial charge in [-0.15, -0.1) is 11.3 Å². The Kier molecular flexibility index (Phi) is 6.76. The summed E-state index contributed by atoms with van der Waals surface area (Å²) in [5, 5.41) is 1.14. The van der Waals surface area contributed by atoms with Crippen LogP contribution < -0.4 is 4.74 Å². The number of ether oxygens (including phenoxy) is 1. The average Bonchev–Trinajstić information content (AvgIpc) is 2.93. The summed E-state index contributed by atoms with van der Waals surface area (Å²) >= 11 is 7.58. The Balaban J connectivity index is 2.25. The summed E-state index contributed by atoms with van der Waals surface area (Å²) in [6, 6.07) is 5.20. The van der Waals surface area contributed by atoms with E-state index < -0.39 is 0 Å². The number of aliphatic imine (C=N–C) groups is 1. The topological polar surface area (TPSA) is 58.0 Å². The quantitative estimate of drug-likeness (QED) is 0.303. The molecule has 0 unspecified atom stereocenters. The summed E-state index contributed by atoms with van der Waals surface area (Å²) < 4.78 is 5.81. The van der Waals surface area contributed by atoms with E-state index in [1.165, 1.54) is 17.4 Å². The molecule has 0 N–H and O–H groups in total. The first-order valence-electron chi connectivity index (χ1n) is 7.80. The third-order valence-corrected chi connectivity index (χ3v) is 4.27. The van der Waals surface area contributed by atoms with Gasteiger partial charge in [0.05, 0.1) is 22.1 Å². The highest BCUT2D eigenvalue weighted by molar-refractivity contribution is 7.14. The van der Waals surface area contributed by atoms with Gasteiger partial charge in [0, 0.05) is 40.5 Å². The number of aryl methyl sites for hydroxylation is 1. The van der Waals surface area contributed by atoms with Crippen LogP contribution in [0.4, 0.5) is 5.69 Å². The minimum atomic E-state index is -0.164. The molecule has 0 fully saturated rings. The fraction of sp³-hybridized carbons (Fsp3) is 0.278. The number of carbonyl (C=O) groups excluding carboxylic acids is 1. The van der Waals surface area contributed by atoms with Gasteiger partial charge in [0.2, 0.25) is 11.7 Å². The first-order valence-corrected chi connectivity index (χ1v) is 9.00. The number of allylic oxidation sites excluding steroid dienone is 1. The summed E-state index contributed by atoms with van der Waals surface area (Å²) in [5.74, 6) is 0.515. The highest BCUT2D eigenvalue weighted by atomic mass is 35.5. The molecule has 1 heterocycles. The van der Waals surface area contributed by atoms with Crippen molar-refractivity contribution in [3.63, 3.8) is 0 Å². The summed E-state index contributed by atoms with van der Waals surface area (Å²) in [5.41, 5.74) is 0.704. The number of benzene rings is 1. The van der Waals surface area contributed by atoms with Crippen LogP contribution in [0, 0.1) is 6.92 Å². The van der Waals surface area contributed by atoms with Crippen molar-refractivity contribution in [1.29, 1.82) is 0 Å². The van der Waals surface area contributed by atoms with E-state index in [0.717, 1.165) is 5.01 Å². The fourth-order valence-corrected chi connectivity index (χ4v) is 2.84. The van der Waals surface area contributed by atoms with Crippen molar-refractivity contribution < 1.29 is 9.53 Å². The third kappa shape index (κ3) is 5.57. The molecule has 6 nitrogen and oxygen atoms in total. The summed E-state index contributed by atoms with van der Waals surface area (Å²) in [6.07, 6.45) is 4.86. The molecule has 0 amide bonds. The Labute approximate surface area is 162 Å². The Morgan fingerprint density at radius 2 is 2.00 bits per heavy atom. The maximum atomic E-state index is 12.4. The SMILES string of the molecule is Cc1nc(Oc2ccc(N=CN(C)C)cc2Cl)c(C(=O)/C=C/N(C)C)s1. The maximum absolute atomic E-state index is 12.4. The highest BCUT2D eigenvalue weighted by Gasteiger charge is 2.18. The predicted molar refractivity (Wildman–Crippen MR) is 107 cm³/mol. The lowest BCUT2D eigenvalue weighted by Gasteiger charge is -2.08. The second-order valence-electron chi connectivity index (χ2n) is 5.94. The molecule has 138 valence electrons. The van der Waals surface area contributed by atoms with Gasteiger partial charge in [-0.3, -0.25) is 4.79 Å². The van der Waals surface area contributed by atoms with Crippen molar-refractivity contribution in [2.24, 2.45) is 4.99 Å². The molecule has 0 radical (unpaired) electrons. The van der Waals surface area contributed by atoms with Crippen LogP contribution in [0.1, 0.15) is 14.7 Å². The van der Waals surface area contributed by atoms with Crippen LogP contribution in [0.25, 0.3) is 0 Å². The van der Waals surface area contributed by atoms with Crippen LogP contribution in [0.3, 0.4) is 0 Å². The standard InChI is InChI=1S/C18H21ClN4O2S/c1-12-21-18(17(26-12)15(24)8-9-22(2)3)25-16-7-6-13(10-14(16)19)20-11-23(4)5/h6-11H,1-5H3/b9-8+,20-11?. The van der Waals surface area contributed by atoms with Crippen molar-refractivity contribution in [3.05, 3.63) is 45.4 Å². The Morgan fingerprint density at radius 1 is 1.27 bits per heavy atom. The van der Waals surface area contributed by atoms with Gasteiger partial charge in [-0.2, -0.15) is 0 Å². The fourth-order valence-electron chi connectivity index (χ4n) is 1.86. The van der Waals surface area contributed by atoms with Crippen LogP contribution >= 0.6 is 22.9 Å².